The fourth-order valence-electron chi connectivity index (χ4n) is 3.50. The number of aromatic nitrogens is 3. The first-order valence-corrected chi connectivity index (χ1v) is 9.75. The van der Waals surface area contributed by atoms with Crippen molar-refractivity contribution in [3.8, 4) is 17.2 Å². The van der Waals surface area contributed by atoms with Gasteiger partial charge in [-0.25, -0.2) is 4.98 Å². The van der Waals surface area contributed by atoms with Gasteiger partial charge in [-0.2, -0.15) is 18.4 Å². The molecule has 3 aromatic heterocycles. The lowest BCUT2D eigenvalue weighted by molar-refractivity contribution is -0.137. The van der Waals surface area contributed by atoms with Crippen LogP contribution in [0.2, 0.25) is 0 Å². The minimum atomic E-state index is -4.42. The third-order valence-electron chi connectivity index (χ3n) is 4.96. The van der Waals surface area contributed by atoms with Crippen LogP contribution in [0.3, 0.4) is 0 Å². The van der Waals surface area contributed by atoms with Gasteiger partial charge in [0.2, 0.25) is 0 Å². The summed E-state index contributed by atoms with van der Waals surface area (Å²) in [5, 5.41) is 16.5. The molecule has 0 radical (unpaired) electrons. The van der Waals surface area contributed by atoms with Crippen LogP contribution < -0.4 is 10.6 Å². The number of alkyl halides is 3. The van der Waals surface area contributed by atoms with E-state index in [0.29, 0.717) is 34.7 Å². The van der Waals surface area contributed by atoms with E-state index < -0.39 is 11.7 Å². The average Bonchev–Trinajstić information content (AvgIpc) is 3.15. The topological polar surface area (TPSA) is 78.0 Å². The molecule has 0 aliphatic heterocycles. The van der Waals surface area contributed by atoms with Gasteiger partial charge in [-0.05, 0) is 36.4 Å². The van der Waals surface area contributed by atoms with Crippen molar-refractivity contribution in [1.29, 1.82) is 5.26 Å². The summed E-state index contributed by atoms with van der Waals surface area (Å²) in [6.07, 6.45) is -1.16. The normalized spacial score (nSPS) is 11.7. The Balaban J connectivity index is 1.91. The number of rotatable bonds is 6. The van der Waals surface area contributed by atoms with Crippen LogP contribution in [0.1, 0.15) is 18.1 Å². The van der Waals surface area contributed by atoms with E-state index in [1.807, 2.05) is 17.4 Å². The van der Waals surface area contributed by atoms with Gasteiger partial charge in [-0.1, -0.05) is 19.1 Å². The average molecular weight is 424 g/mol. The van der Waals surface area contributed by atoms with Crippen molar-refractivity contribution in [2.24, 2.45) is 0 Å². The number of hydrogen-bond acceptors (Lipinski definition) is 5. The Hall–Kier alpha value is -3.64. The van der Waals surface area contributed by atoms with Crippen molar-refractivity contribution in [3.63, 3.8) is 0 Å². The molecule has 0 saturated heterocycles. The molecule has 4 rings (SSSR count). The van der Waals surface area contributed by atoms with Gasteiger partial charge in [0.25, 0.3) is 0 Å². The molecular formula is C22H19F3N6. The molecule has 9 heteroatoms. The van der Waals surface area contributed by atoms with Crippen LogP contribution in [0.5, 0.6) is 0 Å². The van der Waals surface area contributed by atoms with Crippen LogP contribution >= 0.6 is 0 Å². The molecular weight excluding hydrogens is 405 g/mol. The Morgan fingerprint density at radius 1 is 1.13 bits per heavy atom. The van der Waals surface area contributed by atoms with Crippen molar-refractivity contribution in [1.82, 2.24) is 19.7 Å². The molecule has 3 heterocycles. The summed E-state index contributed by atoms with van der Waals surface area (Å²) >= 11 is 0. The van der Waals surface area contributed by atoms with Gasteiger partial charge in [0.05, 0.1) is 17.3 Å². The summed E-state index contributed by atoms with van der Waals surface area (Å²) in [4.78, 5) is 8.67. The zero-order valence-corrected chi connectivity index (χ0v) is 16.7. The highest BCUT2D eigenvalue weighted by Gasteiger charge is 2.30. The minimum absolute atomic E-state index is 0.285. The maximum atomic E-state index is 13.0. The second kappa shape index (κ2) is 8.24. The first kappa shape index (κ1) is 20.6. The van der Waals surface area contributed by atoms with E-state index in [1.54, 1.807) is 18.5 Å². The van der Waals surface area contributed by atoms with Crippen LogP contribution in [0.25, 0.3) is 27.8 Å². The zero-order chi connectivity index (χ0) is 22.0. The van der Waals surface area contributed by atoms with Gasteiger partial charge in [0.15, 0.2) is 5.65 Å². The molecule has 6 nitrogen and oxygen atoms in total. The molecule has 1 aromatic carbocycles. The van der Waals surface area contributed by atoms with Crippen molar-refractivity contribution in [2.45, 2.75) is 13.1 Å². The predicted molar refractivity (Wildman–Crippen MR) is 113 cm³/mol. The Morgan fingerprint density at radius 2 is 1.90 bits per heavy atom. The zero-order valence-electron chi connectivity index (χ0n) is 16.7. The van der Waals surface area contributed by atoms with Gasteiger partial charge < -0.3 is 10.6 Å². The summed E-state index contributed by atoms with van der Waals surface area (Å²) in [5.74, 6) is 0.690. The number of fused-ring (bicyclic) bond motifs is 3. The highest BCUT2D eigenvalue weighted by atomic mass is 19.4. The number of nitrogens with one attached hydrogen (secondary N) is 2. The van der Waals surface area contributed by atoms with E-state index in [9.17, 15) is 18.4 Å². The second-order valence-corrected chi connectivity index (χ2v) is 6.92. The molecule has 0 amide bonds. The Labute approximate surface area is 176 Å². The summed E-state index contributed by atoms with van der Waals surface area (Å²) in [6.45, 7) is 4.19. The quantitative estimate of drug-likeness (QED) is 0.447. The number of anilines is 1. The summed E-state index contributed by atoms with van der Waals surface area (Å²) in [5.41, 5.74) is 2.40. The molecule has 2 N–H and O–H groups in total. The lowest BCUT2D eigenvalue weighted by Gasteiger charge is -2.15. The summed E-state index contributed by atoms with van der Waals surface area (Å²) in [7, 11) is 0. The third kappa shape index (κ3) is 3.90. The summed E-state index contributed by atoms with van der Waals surface area (Å²) in [6, 6.07) is 10.6. The molecule has 0 fully saturated rings. The lowest BCUT2D eigenvalue weighted by Crippen LogP contribution is -2.22. The van der Waals surface area contributed by atoms with Crippen molar-refractivity contribution in [3.05, 3.63) is 59.9 Å². The van der Waals surface area contributed by atoms with E-state index in [2.05, 4.69) is 26.7 Å². The van der Waals surface area contributed by atoms with E-state index in [1.165, 1.54) is 12.1 Å². The van der Waals surface area contributed by atoms with E-state index >= 15 is 0 Å². The van der Waals surface area contributed by atoms with Gasteiger partial charge >= 0.3 is 6.18 Å². The highest BCUT2D eigenvalue weighted by Crippen LogP contribution is 2.35. The van der Waals surface area contributed by atoms with E-state index in [4.69, 9.17) is 0 Å². The molecule has 0 spiro atoms. The number of nitrogens with zero attached hydrogens (tertiary/aromatic N) is 4. The fourth-order valence-corrected chi connectivity index (χ4v) is 3.50. The molecule has 31 heavy (non-hydrogen) atoms. The van der Waals surface area contributed by atoms with Crippen molar-refractivity contribution < 1.29 is 13.2 Å². The van der Waals surface area contributed by atoms with Gasteiger partial charge in [-0.3, -0.25) is 9.38 Å². The molecule has 0 aliphatic carbocycles. The molecule has 4 aromatic rings. The molecule has 0 unspecified atom stereocenters. The molecule has 0 atom stereocenters. The highest BCUT2D eigenvalue weighted by molar-refractivity contribution is 5.89. The predicted octanol–water partition coefficient (Wildman–Crippen LogP) is 4.46. The SMILES string of the molecule is CCNCCNc1cc(-c2ccc(C(F)(F)F)cc2)c(C#N)c2nc3cnccc3n12. The maximum absolute atomic E-state index is 13.0. The standard InChI is InChI=1S/C22H19F3N6/c1-2-27-9-10-29-20-11-16(14-3-5-15(6-4-14)22(23,24)25)17(12-26)21-30-18-13-28-8-7-19(18)31(20)21/h3-8,11,13,27,29H,2,9-10H2,1H3. The largest absolute Gasteiger partial charge is 0.416 e. The van der Waals surface area contributed by atoms with Crippen molar-refractivity contribution in [2.75, 3.05) is 25.0 Å². The summed E-state index contributed by atoms with van der Waals surface area (Å²) < 4.78 is 40.8. The van der Waals surface area contributed by atoms with Crippen LogP contribution in [-0.2, 0) is 6.18 Å². The van der Waals surface area contributed by atoms with E-state index in [0.717, 1.165) is 30.7 Å². The number of benzene rings is 1. The Bertz CT molecular complexity index is 1270. The third-order valence-corrected chi connectivity index (χ3v) is 4.96. The molecule has 0 aliphatic rings. The number of likely N-dealkylation sites (N-methyl/N-ethyl adjacent to an activating group) is 1. The Kier molecular flexibility index (Phi) is 5.48. The number of halogens is 3. The number of nitriles is 1. The van der Waals surface area contributed by atoms with E-state index in [-0.39, 0.29) is 5.56 Å². The van der Waals surface area contributed by atoms with Gasteiger partial charge in [0, 0.05) is 24.8 Å². The number of imidazole rings is 1. The lowest BCUT2D eigenvalue weighted by atomic mass is 10.00. The van der Waals surface area contributed by atoms with Crippen LogP contribution in [-0.4, -0.2) is 34.0 Å². The molecule has 0 saturated carbocycles. The first-order chi connectivity index (χ1) is 14.9. The van der Waals surface area contributed by atoms with Crippen LogP contribution in [0.4, 0.5) is 19.0 Å². The second-order valence-electron chi connectivity index (χ2n) is 6.92. The smallest absolute Gasteiger partial charge is 0.370 e. The number of hydrogen-bond donors (Lipinski definition) is 2. The minimum Gasteiger partial charge on any atom is -0.370 e. The van der Waals surface area contributed by atoms with Gasteiger partial charge in [0.1, 0.15) is 23.0 Å². The first-order valence-electron chi connectivity index (χ1n) is 9.75. The molecule has 158 valence electrons. The van der Waals surface area contributed by atoms with Crippen LogP contribution in [0.15, 0.2) is 48.8 Å². The number of pyridine rings is 2. The maximum Gasteiger partial charge on any atom is 0.416 e. The monoisotopic (exact) mass is 424 g/mol. The van der Waals surface area contributed by atoms with Crippen molar-refractivity contribution >= 4 is 22.5 Å². The fraction of sp³-hybridized carbons (Fsp3) is 0.227. The van der Waals surface area contributed by atoms with Gasteiger partial charge in [-0.15, -0.1) is 0 Å². The van der Waals surface area contributed by atoms with Crippen LogP contribution in [0, 0.1) is 11.3 Å². The Morgan fingerprint density at radius 3 is 2.58 bits per heavy atom. The molecule has 0 bridgehead atoms.